The summed E-state index contributed by atoms with van der Waals surface area (Å²) in [5.74, 6) is -0.724. The van der Waals surface area contributed by atoms with Crippen molar-refractivity contribution in [3.8, 4) is 5.75 Å². The smallest absolute Gasteiger partial charge is 0.200 e. The number of furan rings is 1. The van der Waals surface area contributed by atoms with Gasteiger partial charge in [-0.2, -0.15) is 4.39 Å². The molecule has 1 N–H and O–H groups in total. The van der Waals surface area contributed by atoms with Crippen LogP contribution in [0.25, 0.3) is 0 Å². The van der Waals surface area contributed by atoms with Crippen LogP contribution in [0.4, 0.5) is 8.78 Å². The standard InChI is InChI=1S/C15H16BrF2NO2/c1-3-19-7-14-9(2)4-11(21-14)8-20-13-6-10(16)5-12(17)15(13)18/h4-6,19H,3,7-8H2,1-2H3. The first-order valence-electron chi connectivity index (χ1n) is 6.57. The lowest BCUT2D eigenvalue weighted by Crippen LogP contribution is -2.11. The summed E-state index contributed by atoms with van der Waals surface area (Å²) in [4.78, 5) is 0. The molecule has 1 aromatic heterocycles. The van der Waals surface area contributed by atoms with E-state index in [1.807, 2.05) is 19.9 Å². The van der Waals surface area contributed by atoms with E-state index in [1.54, 1.807) is 0 Å². The molecule has 1 aromatic carbocycles. The van der Waals surface area contributed by atoms with E-state index in [9.17, 15) is 8.78 Å². The van der Waals surface area contributed by atoms with Crippen LogP contribution in [0.15, 0.2) is 27.1 Å². The van der Waals surface area contributed by atoms with Gasteiger partial charge in [-0.15, -0.1) is 0 Å². The topological polar surface area (TPSA) is 34.4 Å². The second-order valence-electron chi connectivity index (χ2n) is 4.59. The highest BCUT2D eigenvalue weighted by Gasteiger charge is 2.13. The maximum Gasteiger partial charge on any atom is 0.200 e. The van der Waals surface area contributed by atoms with Gasteiger partial charge < -0.3 is 14.5 Å². The van der Waals surface area contributed by atoms with Crippen molar-refractivity contribution in [1.82, 2.24) is 5.32 Å². The minimum Gasteiger partial charge on any atom is -0.482 e. The highest BCUT2D eigenvalue weighted by molar-refractivity contribution is 9.10. The Kier molecular flexibility index (Phi) is 5.36. The number of halogens is 3. The number of hydrogen-bond donors (Lipinski definition) is 1. The summed E-state index contributed by atoms with van der Waals surface area (Å²) in [6.45, 7) is 5.45. The summed E-state index contributed by atoms with van der Waals surface area (Å²) in [6.07, 6.45) is 0. The molecule has 0 saturated heterocycles. The van der Waals surface area contributed by atoms with Gasteiger partial charge in [0.25, 0.3) is 0 Å². The highest BCUT2D eigenvalue weighted by atomic mass is 79.9. The van der Waals surface area contributed by atoms with Gasteiger partial charge in [0, 0.05) is 4.47 Å². The zero-order valence-corrected chi connectivity index (χ0v) is 13.4. The van der Waals surface area contributed by atoms with Gasteiger partial charge in [-0.3, -0.25) is 0 Å². The number of rotatable bonds is 6. The molecular weight excluding hydrogens is 344 g/mol. The van der Waals surface area contributed by atoms with Gasteiger partial charge in [-0.1, -0.05) is 22.9 Å². The van der Waals surface area contributed by atoms with Gasteiger partial charge in [-0.25, -0.2) is 4.39 Å². The van der Waals surface area contributed by atoms with Crippen molar-refractivity contribution in [1.29, 1.82) is 0 Å². The van der Waals surface area contributed by atoms with Crippen LogP contribution in [0.2, 0.25) is 0 Å². The number of hydrogen-bond acceptors (Lipinski definition) is 3. The highest BCUT2D eigenvalue weighted by Crippen LogP contribution is 2.26. The van der Waals surface area contributed by atoms with E-state index in [2.05, 4.69) is 21.2 Å². The van der Waals surface area contributed by atoms with E-state index in [-0.39, 0.29) is 12.4 Å². The molecule has 2 rings (SSSR count). The monoisotopic (exact) mass is 359 g/mol. The van der Waals surface area contributed by atoms with Gasteiger partial charge in [-0.05, 0) is 37.2 Å². The fraction of sp³-hybridized carbons (Fsp3) is 0.333. The van der Waals surface area contributed by atoms with Crippen molar-refractivity contribution in [2.45, 2.75) is 27.0 Å². The third-order valence-corrected chi connectivity index (χ3v) is 3.39. The van der Waals surface area contributed by atoms with Crippen molar-refractivity contribution in [2.24, 2.45) is 0 Å². The van der Waals surface area contributed by atoms with Crippen LogP contribution in [0.1, 0.15) is 24.0 Å². The molecule has 3 nitrogen and oxygen atoms in total. The molecule has 0 atom stereocenters. The first-order chi connectivity index (χ1) is 10.0. The first kappa shape index (κ1) is 16.0. The van der Waals surface area contributed by atoms with E-state index in [0.717, 1.165) is 23.9 Å². The number of nitrogens with one attached hydrogen (secondary N) is 1. The largest absolute Gasteiger partial charge is 0.482 e. The molecule has 0 saturated carbocycles. The van der Waals surface area contributed by atoms with Crippen LogP contribution in [0.3, 0.4) is 0 Å². The van der Waals surface area contributed by atoms with Crippen LogP contribution < -0.4 is 10.1 Å². The van der Waals surface area contributed by atoms with Crippen LogP contribution in [0, 0.1) is 18.6 Å². The Morgan fingerprint density at radius 1 is 1.29 bits per heavy atom. The Labute approximate surface area is 130 Å². The lowest BCUT2D eigenvalue weighted by Gasteiger charge is -2.07. The van der Waals surface area contributed by atoms with E-state index in [1.165, 1.54) is 6.07 Å². The summed E-state index contributed by atoms with van der Waals surface area (Å²) in [5, 5.41) is 3.17. The Balaban J connectivity index is 2.06. The summed E-state index contributed by atoms with van der Waals surface area (Å²) >= 11 is 3.10. The second kappa shape index (κ2) is 7.04. The molecule has 21 heavy (non-hydrogen) atoms. The molecule has 0 radical (unpaired) electrons. The molecule has 0 bridgehead atoms. The zero-order valence-electron chi connectivity index (χ0n) is 11.8. The molecule has 6 heteroatoms. The van der Waals surface area contributed by atoms with Crippen molar-refractivity contribution < 1.29 is 17.9 Å². The summed E-state index contributed by atoms with van der Waals surface area (Å²) in [5.41, 5.74) is 0.996. The van der Waals surface area contributed by atoms with Gasteiger partial charge >= 0.3 is 0 Å². The molecule has 0 aliphatic rings. The van der Waals surface area contributed by atoms with Crippen LogP contribution in [-0.4, -0.2) is 6.54 Å². The third-order valence-electron chi connectivity index (χ3n) is 2.94. The quantitative estimate of drug-likeness (QED) is 0.780. The molecule has 0 fully saturated rings. The minimum absolute atomic E-state index is 0.0414. The van der Waals surface area contributed by atoms with Gasteiger partial charge in [0.2, 0.25) is 5.82 Å². The maximum absolute atomic E-state index is 13.6. The lowest BCUT2D eigenvalue weighted by molar-refractivity contribution is 0.250. The van der Waals surface area contributed by atoms with Crippen molar-refractivity contribution in [2.75, 3.05) is 6.54 Å². The van der Waals surface area contributed by atoms with Crippen molar-refractivity contribution in [3.63, 3.8) is 0 Å². The maximum atomic E-state index is 13.6. The molecule has 114 valence electrons. The molecule has 0 spiro atoms. The SMILES string of the molecule is CCNCc1oc(COc2cc(Br)cc(F)c2F)cc1C. The number of aryl methyl sites for hydroxylation is 1. The Hall–Kier alpha value is -1.40. The lowest BCUT2D eigenvalue weighted by atomic mass is 10.2. The van der Waals surface area contributed by atoms with Crippen LogP contribution in [-0.2, 0) is 13.2 Å². The average Bonchev–Trinajstić information content (AvgIpc) is 2.79. The predicted octanol–water partition coefficient (Wildman–Crippen LogP) is 4.32. The number of benzene rings is 1. The van der Waals surface area contributed by atoms with Crippen molar-refractivity contribution in [3.05, 3.63) is 51.4 Å². The zero-order chi connectivity index (χ0) is 15.4. The molecule has 0 unspecified atom stereocenters. The molecule has 1 heterocycles. The Morgan fingerprint density at radius 3 is 2.76 bits per heavy atom. The predicted molar refractivity (Wildman–Crippen MR) is 79.2 cm³/mol. The summed E-state index contributed by atoms with van der Waals surface area (Å²) in [7, 11) is 0. The van der Waals surface area contributed by atoms with Gasteiger partial charge in [0.15, 0.2) is 11.6 Å². The van der Waals surface area contributed by atoms with E-state index in [0.29, 0.717) is 16.8 Å². The fourth-order valence-corrected chi connectivity index (χ4v) is 2.27. The van der Waals surface area contributed by atoms with E-state index in [4.69, 9.17) is 9.15 Å². The third kappa shape index (κ3) is 4.04. The molecule has 0 aliphatic heterocycles. The van der Waals surface area contributed by atoms with Crippen LogP contribution in [0.5, 0.6) is 5.75 Å². The van der Waals surface area contributed by atoms with Gasteiger partial charge in [0.05, 0.1) is 6.54 Å². The molecule has 0 amide bonds. The molecule has 2 aromatic rings. The summed E-state index contributed by atoms with van der Waals surface area (Å²) < 4.78 is 38.2. The summed E-state index contributed by atoms with van der Waals surface area (Å²) in [6, 6.07) is 4.26. The van der Waals surface area contributed by atoms with Crippen LogP contribution >= 0.6 is 15.9 Å². The molecular formula is C15H16BrF2NO2. The Morgan fingerprint density at radius 2 is 2.05 bits per heavy atom. The number of ether oxygens (including phenoxy) is 1. The van der Waals surface area contributed by atoms with Crippen molar-refractivity contribution >= 4 is 15.9 Å². The fourth-order valence-electron chi connectivity index (χ4n) is 1.86. The Bertz CT molecular complexity index is 628. The second-order valence-corrected chi connectivity index (χ2v) is 5.50. The normalized spacial score (nSPS) is 10.9. The van der Waals surface area contributed by atoms with Gasteiger partial charge in [0.1, 0.15) is 18.1 Å². The minimum atomic E-state index is -1.01. The van der Waals surface area contributed by atoms with E-state index >= 15 is 0 Å². The molecule has 0 aliphatic carbocycles. The van der Waals surface area contributed by atoms with E-state index < -0.39 is 11.6 Å². The average molecular weight is 360 g/mol. The first-order valence-corrected chi connectivity index (χ1v) is 7.36.